The Balaban J connectivity index is 1.69. The normalized spacial score (nSPS) is 34.9. The lowest BCUT2D eigenvalue weighted by molar-refractivity contribution is -0.204. The van der Waals surface area contributed by atoms with Crippen molar-refractivity contribution in [2.45, 2.75) is 70.2 Å². The molecule has 0 aromatic heterocycles. The molecule has 1 saturated heterocycles. The Morgan fingerprint density at radius 1 is 1.35 bits per heavy atom. The van der Waals surface area contributed by atoms with Crippen molar-refractivity contribution >= 4 is 11.8 Å². The van der Waals surface area contributed by atoms with E-state index in [9.17, 15) is 14.7 Å². The minimum atomic E-state index is -0.600. The van der Waals surface area contributed by atoms with E-state index in [1.54, 1.807) is 0 Å². The first-order valence-corrected chi connectivity index (χ1v) is 8.74. The predicted molar refractivity (Wildman–Crippen MR) is 84.7 cm³/mol. The summed E-state index contributed by atoms with van der Waals surface area (Å²) >= 11 is 0. The Morgan fingerprint density at radius 3 is 2.57 bits per heavy atom. The minimum Gasteiger partial charge on any atom is -0.391 e. The summed E-state index contributed by atoms with van der Waals surface area (Å²) in [6, 6.07) is -0.317. The van der Waals surface area contributed by atoms with Crippen LogP contribution >= 0.6 is 0 Å². The van der Waals surface area contributed by atoms with Crippen molar-refractivity contribution in [1.29, 1.82) is 0 Å². The molecule has 4 atom stereocenters. The Kier molecular flexibility index (Phi) is 4.40. The van der Waals surface area contributed by atoms with Gasteiger partial charge >= 0.3 is 0 Å². The molecule has 0 bridgehead atoms. The van der Waals surface area contributed by atoms with Gasteiger partial charge in [-0.1, -0.05) is 6.42 Å². The molecular weight excluding hydrogens is 296 g/mol. The fourth-order valence-electron chi connectivity index (χ4n) is 4.73. The van der Waals surface area contributed by atoms with Crippen molar-refractivity contribution in [3.8, 4) is 0 Å². The Hall–Kier alpha value is -1.14. The fourth-order valence-corrected chi connectivity index (χ4v) is 4.73. The van der Waals surface area contributed by atoms with E-state index < -0.39 is 12.1 Å². The maximum absolute atomic E-state index is 12.9. The first-order valence-electron chi connectivity index (χ1n) is 8.74. The van der Waals surface area contributed by atoms with Crippen LogP contribution < -0.4 is 0 Å². The maximum atomic E-state index is 12.9. The highest BCUT2D eigenvalue weighted by Crippen LogP contribution is 2.59. The van der Waals surface area contributed by atoms with Crippen LogP contribution in [0.5, 0.6) is 0 Å². The molecule has 6 nitrogen and oxygen atoms in total. The van der Waals surface area contributed by atoms with Gasteiger partial charge in [0.1, 0.15) is 6.04 Å². The molecule has 2 aliphatic carbocycles. The van der Waals surface area contributed by atoms with Crippen molar-refractivity contribution in [3.63, 3.8) is 0 Å². The van der Waals surface area contributed by atoms with Crippen LogP contribution in [0.15, 0.2) is 0 Å². The Morgan fingerprint density at radius 2 is 2.04 bits per heavy atom. The van der Waals surface area contributed by atoms with Gasteiger partial charge in [-0.25, -0.2) is 0 Å². The maximum Gasteiger partial charge on any atom is 0.245 e. The number of likely N-dealkylation sites (N-methyl/N-ethyl adjacent to an activating group) is 1. The first kappa shape index (κ1) is 16.7. The molecule has 0 aromatic rings. The number of carbonyl (C=O) groups excluding carboxylic acids is 2. The van der Waals surface area contributed by atoms with Crippen LogP contribution in [-0.4, -0.2) is 71.2 Å². The lowest BCUT2D eigenvalue weighted by Crippen LogP contribution is -2.69. The van der Waals surface area contributed by atoms with E-state index in [1.165, 1.54) is 18.2 Å². The Labute approximate surface area is 137 Å². The van der Waals surface area contributed by atoms with Gasteiger partial charge in [0, 0.05) is 45.0 Å². The molecule has 0 radical (unpaired) electrons. The SMILES string of the molecule is CCOC1CC(N(C)C(=O)[C@H]2C[C@H](O)CN2C(C)=O)C12CCC2. The smallest absolute Gasteiger partial charge is 0.245 e. The van der Waals surface area contributed by atoms with Crippen LogP contribution in [0.25, 0.3) is 0 Å². The van der Waals surface area contributed by atoms with Crippen LogP contribution in [0.2, 0.25) is 0 Å². The second-order valence-corrected chi connectivity index (χ2v) is 7.31. The van der Waals surface area contributed by atoms with Gasteiger partial charge in [-0.2, -0.15) is 0 Å². The number of likely N-dealkylation sites (tertiary alicyclic amines) is 1. The third kappa shape index (κ3) is 2.56. The molecule has 1 heterocycles. The molecule has 2 amide bonds. The number of aliphatic hydroxyl groups excluding tert-OH is 1. The van der Waals surface area contributed by atoms with Gasteiger partial charge in [0.2, 0.25) is 11.8 Å². The lowest BCUT2D eigenvalue weighted by Gasteiger charge is -2.63. The van der Waals surface area contributed by atoms with E-state index in [2.05, 4.69) is 0 Å². The van der Waals surface area contributed by atoms with Crippen LogP contribution in [0.4, 0.5) is 0 Å². The summed E-state index contributed by atoms with van der Waals surface area (Å²) in [6.45, 7) is 4.44. The van der Waals surface area contributed by atoms with Crippen molar-refractivity contribution in [2.24, 2.45) is 5.41 Å². The number of hydrogen-bond donors (Lipinski definition) is 1. The van der Waals surface area contributed by atoms with E-state index >= 15 is 0 Å². The molecule has 1 N–H and O–H groups in total. The predicted octanol–water partition coefficient (Wildman–Crippen LogP) is 0.774. The van der Waals surface area contributed by atoms with Crippen LogP contribution in [0.1, 0.15) is 46.0 Å². The lowest BCUT2D eigenvalue weighted by atomic mass is 9.50. The molecule has 1 aliphatic heterocycles. The summed E-state index contributed by atoms with van der Waals surface area (Å²) in [4.78, 5) is 28.0. The fraction of sp³-hybridized carbons (Fsp3) is 0.882. The van der Waals surface area contributed by atoms with Crippen LogP contribution in [0, 0.1) is 5.41 Å². The number of ether oxygens (including phenoxy) is 1. The zero-order valence-electron chi connectivity index (χ0n) is 14.3. The quantitative estimate of drug-likeness (QED) is 0.829. The summed E-state index contributed by atoms with van der Waals surface area (Å²) < 4.78 is 5.86. The van der Waals surface area contributed by atoms with Gasteiger partial charge in [-0.05, 0) is 26.2 Å². The standard InChI is InChI=1S/C17H28N2O4/c1-4-23-15-9-14(17(15)6-5-7-17)18(3)16(22)13-8-12(21)10-19(13)11(2)20/h12-15,21H,4-10H2,1-3H3/t12-,13+,14?,15?/m0/s1. The number of carbonyl (C=O) groups is 2. The van der Waals surface area contributed by atoms with Crippen molar-refractivity contribution in [2.75, 3.05) is 20.2 Å². The van der Waals surface area contributed by atoms with Gasteiger partial charge in [0.15, 0.2) is 0 Å². The molecule has 1 spiro atoms. The molecule has 2 saturated carbocycles. The largest absolute Gasteiger partial charge is 0.391 e. The highest BCUT2D eigenvalue weighted by molar-refractivity contribution is 5.88. The van der Waals surface area contributed by atoms with Crippen LogP contribution in [0.3, 0.4) is 0 Å². The van der Waals surface area contributed by atoms with Gasteiger partial charge in [-0.15, -0.1) is 0 Å². The monoisotopic (exact) mass is 324 g/mol. The molecular formula is C17H28N2O4. The molecule has 3 aliphatic rings. The zero-order valence-corrected chi connectivity index (χ0v) is 14.3. The van der Waals surface area contributed by atoms with E-state index in [-0.39, 0.29) is 35.9 Å². The number of rotatable bonds is 4. The highest BCUT2D eigenvalue weighted by atomic mass is 16.5. The van der Waals surface area contributed by atoms with Crippen molar-refractivity contribution in [1.82, 2.24) is 9.80 Å². The summed E-state index contributed by atoms with van der Waals surface area (Å²) in [5.41, 5.74) is 0.124. The van der Waals surface area contributed by atoms with E-state index in [4.69, 9.17) is 4.74 Å². The average molecular weight is 324 g/mol. The van der Waals surface area contributed by atoms with Gasteiger partial charge in [-0.3, -0.25) is 9.59 Å². The summed E-state index contributed by atoms with van der Waals surface area (Å²) in [7, 11) is 1.85. The second-order valence-electron chi connectivity index (χ2n) is 7.31. The number of hydrogen-bond acceptors (Lipinski definition) is 4. The number of amides is 2. The minimum absolute atomic E-state index is 0.0389. The summed E-state index contributed by atoms with van der Waals surface area (Å²) in [6.07, 6.45) is 4.32. The van der Waals surface area contributed by atoms with Crippen molar-refractivity contribution < 1.29 is 19.4 Å². The molecule has 3 rings (SSSR count). The van der Waals surface area contributed by atoms with Gasteiger partial charge in [0.25, 0.3) is 0 Å². The highest BCUT2D eigenvalue weighted by Gasteiger charge is 2.61. The summed E-state index contributed by atoms with van der Waals surface area (Å²) in [5.74, 6) is -0.185. The first-order chi connectivity index (χ1) is 10.9. The van der Waals surface area contributed by atoms with E-state index in [0.29, 0.717) is 13.0 Å². The van der Waals surface area contributed by atoms with Gasteiger partial charge in [0.05, 0.1) is 12.2 Å². The molecule has 130 valence electrons. The second kappa shape index (κ2) is 6.06. The molecule has 3 fully saturated rings. The third-order valence-corrected chi connectivity index (χ3v) is 6.18. The molecule has 23 heavy (non-hydrogen) atoms. The Bertz CT molecular complexity index is 491. The average Bonchev–Trinajstić information content (AvgIpc) is 2.82. The molecule has 0 aromatic carbocycles. The number of β-amino-alcohol motifs (C(OH)–C–C–N with tert-alkyl or cyclic N) is 1. The number of nitrogens with zero attached hydrogens (tertiary/aromatic N) is 2. The van der Waals surface area contributed by atoms with E-state index in [0.717, 1.165) is 19.3 Å². The molecule has 6 heteroatoms. The van der Waals surface area contributed by atoms with E-state index in [1.807, 2.05) is 18.9 Å². The van der Waals surface area contributed by atoms with Crippen LogP contribution in [-0.2, 0) is 14.3 Å². The third-order valence-electron chi connectivity index (χ3n) is 6.18. The zero-order chi connectivity index (χ0) is 16.8. The topological polar surface area (TPSA) is 70.1 Å². The molecule has 2 unspecified atom stereocenters. The van der Waals surface area contributed by atoms with Crippen molar-refractivity contribution in [3.05, 3.63) is 0 Å². The number of aliphatic hydroxyl groups is 1. The van der Waals surface area contributed by atoms with Gasteiger partial charge < -0.3 is 19.6 Å². The summed E-state index contributed by atoms with van der Waals surface area (Å²) in [5, 5.41) is 9.85.